The maximum atomic E-state index is 12.7. The molecule has 0 bridgehead atoms. The Kier molecular flexibility index (Phi) is 9.72. The molecule has 4 atom stereocenters. The van der Waals surface area contributed by atoms with E-state index in [-0.39, 0.29) is 24.0 Å². The first-order valence-corrected chi connectivity index (χ1v) is 16.6. The van der Waals surface area contributed by atoms with Gasteiger partial charge in [-0.2, -0.15) is 10.2 Å². The normalized spacial score (nSPS) is 19.1. The minimum Gasteiger partial charge on any atom is -0.490 e. The van der Waals surface area contributed by atoms with Crippen LogP contribution in [0.15, 0.2) is 55.3 Å². The molecule has 43 heavy (non-hydrogen) atoms. The second kappa shape index (κ2) is 13.5. The molecule has 5 rings (SSSR count). The predicted octanol–water partition coefficient (Wildman–Crippen LogP) is 5.23. The molecular formula is C30H34N6O4S3. The number of nitrogens with one attached hydrogen (secondary N) is 2. The fraction of sp³-hybridized carbons (Fsp3) is 0.400. The first kappa shape index (κ1) is 31.0. The molecule has 2 aliphatic heterocycles. The van der Waals surface area contributed by atoms with Gasteiger partial charge in [0, 0.05) is 24.0 Å². The van der Waals surface area contributed by atoms with Crippen LogP contribution >= 0.6 is 34.9 Å². The van der Waals surface area contributed by atoms with Crippen molar-refractivity contribution in [1.82, 2.24) is 21.0 Å². The van der Waals surface area contributed by atoms with E-state index in [0.29, 0.717) is 20.1 Å². The van der Waals surface area contributed by atoms with Crippen molar-refractivity contribution in [3.63, 3.8) is 0 Å². The molecule has 2 aromatic carbocycles. The van der Waals surface area contributed by atoms with Gasteiger partial charge in [0.2, 0.25) is 0 Å². The van der Waals surface area contributed by atoms with E-state index in [4.69, 9.17) is 9.47 Å². The third-order valence-electron chi connectivity index (χ3n) is 6.99. The summed E-state index contributed by atoms with van der Waals surface area (Å²) in [5.41, 5.74) is 10.8. The topological polar surface area (TPSA) is 127 Å². The zero-order chi connectivity index (χ0) is 30.7. The Morgan fingerprint density at radius 1 is 0.814 bits per heavy atom. The average Bonchev–Trinajstić information content (AvgIpc) is 3.69. The summed E-state index contributed by atoms with van der Waals surface area (Å²) in [5.74, 6) is 1.25. The summed E-state index contributed by atoms with van der Waals surface area (Å²) < 4.78 is 12.9. The summed E-state index contributed by atoms with van der Waals surface area (Å²) in [7, 11) is 0. The second-order valence-corrected chi connectivity index (χ2v) is 14.8. The standard InChI is InChI=1S/C30H34N6O4S3/c1-15-11-23-9-7-21(13-25(23)39-15)17(3)31-33-27(37)19(5)41-29-35-36-30(43-29)42-20(6)28(38)34-32-18(4)22-8-10-24-12-16(2)40-26(24)14-22/h7-10,13-16,19-20H,11-12H2,1-6H3,(H,33,37)(H,34,38)/b31-17-,32-18-/t15-,16-,19-,20+/m0/s1. The molecule has 3 aromatic rings. The van der Waals surface area contributed by atoms with Gasteiger partial charge in [-0.15, -0.1) is 10.2 Å². The van der Waals surface area contributed by atoms with Crippen LogP contribution in [0.2, 0.25) is 0 Å². The first-order chi connectivity index (χ1) is 20.5. The van der Waals surface area contributed by atoms with Crippen molar-refractivity contribution in [2.45, 2.75) is 85.8 Å². The Morgan fingerprint density at radius 2 is 1.23 bits per heavy atom. The van der Waals surface area contributed by atoms with E-state index < -0.39 is 10.5 Å². The van der Waals surface area contributed by atoms with Crippen LogP contribution < -0.4 is 20.3 Å². The van der Waals surface area contributed by atoms with E-state index in [0.717, 1.165) is 35.5 Å². The predicted molar refractivity (Wildman–Crippen MR) is 172 cm³/mol. The van der Waals surface area contributed by atoms with Gasteiger partial charge in [-0.1, -0.05) is 59.1 Å². The molecule has 2 N–H and O–H groups in total. The molecule has 0 radical (unpaired) electrons. The van der Waals surface area contributed by atoms with E-state index in [1.165, 1.54) is 46.0 Å². The lowest BCUT2D eigenvalue weighted by atomic mass is 10.1. The van der Waals surface area contributed by atoms with Crippen LogP contribution in [0.5, 0.6) is 11.5 Å². The highest BCUT2D eigenvalue weighted by Gasteiger charge is 2.22. The monoisotopic (exact) mass is 638 g/mol. The van der Waals surface area contributed by atoms with Gasteiger partial charge in [0.05, 0.1) is 21.9 Å². The molecule has 0 aliphatic carbocycles. The lowest BCUT2D eigenvalue weighted by Crippen LogP contribution is -2.27. The molecule has 0 saturated heterocycles. The van der Waals surface area contributed by atoms with Gasteiger partial charge in [0.25, 0.3) is 11.8 Å². The van der Waals surface area contributed by atoms with Gasteiger partial charge in [-0.05, 0) is 64.8 Å². The number of rotatable bonds is 10. The largest absolute Gasteiger partial charge is 0.490 e. The molecule has 0 spiro atoms. The Hall–Kier alpha value is -3.42. The number of hydrogen-bond acceptors (Lipinski definition) is 11. The van der Waals surface area contributed by atoms with Gasteiger partial charge in [-0.25, -0.2) is 10.9 Å². The molecule has 10 nitrogen and oxygen atoms in total. The van der Waals surface area contributed by atoms with Crippen LogP contribution in [0.3, 0.4) is 0 Å². The molecule has 2 aliphatic rings. The van der Waals surface area contributed by atoms with Crippen LogP contribution in [0.25, 0.3) is 0 Å². The second-order valence-electron chi connectivity index (χ2n) is 10.6. The molecule has 3 heterocycles. The molecule has 0 fully saturated rings. The van der Waals surface area contributed by atoms with Crippen molar-refractivity contribution in [3.8, 4) is 11.5 Å². The zero-order valence-electron chi connectivity index (χ0n) is 24.8. The highest BCUT2D eigenvalue weighted by molar-refractivity contribution is 8.04. The quantitative estimate of drug-likeness (QED) is 0.176. The zero-order valence-corrected chi connectivity index (χ0v) is 27.3. The number of ether oxygens (including phenoxy) is 2. The Balaban J connectivity index is 1.09. The van der Waals surface area contributed by atoms with Crippen molar-refractivity contribution in [3.05, 3.63) is 58.7 Å². The SMILES string of the molecule is C/C(=N/NC(=O)[C@H](C)Sc1nnc(S[C@H](C)C(=O)N/N=C(/C)c2ccc3c(c2)O[C@@H](C)C3)s1)c1ccc2c(c1)O[C@@H](C)C2. The van der Waals surface area contributed by atoms with E-state index in [1.807, 2.05) is 64.1 Å². The molecule has 0 unspecified atom stereocenters. The number of nitrogens with zero attached hydrogens (tertiary/aromatic N) is 4. The number of thioether (sulfide) groups is 2. The van der Waals surface area contributed by atoms with Crippen LogP contribution in [-0.2, 0) is 22.4 Å². The number of amides is 2. The minimum atomic E-state index is -0.447. The van der Waals surface area contributed by atoms with Gasteiger partial charge in [-0.3, -0.25) is 9.59 Å². The summed E-state index contributed by atoms with van der Waals surface area (Å²) in [6.45, 7) is 11.3. The number of hydrazone groups is 2. The van der Waals surface area contributed by atoms with E-state index in [9.17, 15) is 9.59 Å². The van der Waals surface area contributed by atoms with E-state index in [2.05, 4.69) is 31.3 Å². The summed E-state index contributed by atoms with van der Waals surface area (Å²) in [6, 6.07) is 12.0. The highest BCUT2D eigenvalue weighted by atomic mass is 32.2. The summed E-state index contributed by atoms with van der Waals surface area (Å²) in [6.07, 6.45) is 2.14. The summed E-state index contributed by atoms with van der Waals surface area (Å²) in [5, 5.41) is 16.1. The highest BCUT2D eigenvalue weighted by Crippen LogP contribution is 2.34. The number of carbonyl (C=O) groups is 2. The van der Waals surface area contributed by atoms with Crippen molar-refractivity contribution in [1.29, 1.82) is 0 Å². The lowest BCUT2D eigenvalue weighted by Gasteiger charge is -2.09. The Bertz CT molecular complexity index is 1480. The van der Waals surface area contributed by atoms with Gasteiger partial charge < -0.3 is 9.47 Å². The van der Waals surface area contributed by atoms with Gasteiger partial charge in [0.15, 0.2) is 8.68 Å². The fourth-order valence-corrected chi connectivity index (χ4v) is 7.84. The molecular weight excluding hydrogens is 605 g/mol. The van der Waals surface area contributed by atoms with E-state index >= 15 is 0 Å². The average molecular weight is 639 g/mol. The number of aromatic nitrogens is 2. The smallest absolute Gasteiger partial charge is 0.253 e. The van der Waals surface area contributed by atoms with Gasteiger partial charge in [0.1, 0.15) is 23.7 Å². The lowest BCUT2D eigenvalue weighted by molar-refractivity contribution is -0.121. The molecule has 13 heteroatoms. The van der Waals surface area contributed by atoms with Crippen LogP contribution in [0.4, 0.5) is 0 Å². The molecule has 226 valence electrons. The third kappa shape index (κ3) is 7.76. The maximum Gasteiger partial charge on any atom is 0.253 e. The minimum absolute atomic E-state index is 0.170. The Morgan fingerprint density at radius 3 is 1.65 bits per heavy atom. The number of carbonyl (C=O) groups excluding carboxylic acids is 2. The van der Waals surface area contributed by atoms with Crippen molar-refractivity contribution < 1.29 is 19.1 Å². The van der Waals surface area contributed by atoms with E-state index in [1.54, 1.807) is 13.8 Å². The third-order valence-corrected chi connectivity index (χ3v) is 10.3. The summed E-state index contributed by atoms with van der Waals surface area (Å²) >= 11 is 3.91. The number of fused-ring (bicyclic) bond motifs is 2. The molecule has 2 amide bonds. The summed E-state index contributed by atoms with van der Waals surface area (Å²) in [4.78, 5) is 25.4. The number of hydrogen-bond donors (Lipinski definition) is 2. The maximum absolute atomic E-state index is 12.7. The van der Waals surface area contributed by atoms with Gasteiger partial charge >= 0.3 is 0 Å². The van der Waals surface area contributed by atoms with Crippen LogP contribution in [0, 0.1) is 0 Å². The van der Waals surface area contributed by atoms with Crippen LogP contribution in [-0.4, -0.2) is 56.1 Å². The van der Waals surface area contributed by atoms with Crippen molar-refractivity contribution >= 4 is 58.1 Å². The molecule has 0 saturated carbocycles. The Labute approximate surface area is 263 Å². The first-order valence-electron chi connectivity index (χ1n) is 14.0. The molecule has 1 aromatic heterocycles. The van der Waals surface area contributed by atoms with Crippen molar-refractivity contribution in [2.75, 3.05) is 0 Å². The van der Waals surface area contributed by atoms with Crippen molar-refractivity contribution in [2.24, 2.45) is 10.2 Å². The number of benzene rings is 2. The fourth-order valence-electron chi connectivity index (χ4n) is 4.54. The van der Waals surface area contributed by atoms with Crippen LogP contribution in [0.1, 0.15) is 63.8 Å².